The molecule has 0 bridgehead atoms. The van der Waals surface area contributed by atoms with Crippen molar-refractivity contribution in [1.29, 1.82) is 0 Å². The van der Waals surface area contributed by atoms with E-state index in [1.165, 1.54) is 11.3 Å². The number of halogens is 1. The smallest absolute Gasteiger partial charge is 0.248 e. The Morgan fingerprint density at radius 3 is 2.95 bits per heavy atom. The van der Waals surface area contributed by atoms with Gasteiger partial charge in [0.05, 0.1) is 0 Å². The predicted octanol–water partition coefficient (Wildman–Crippen LogP) is 1.54. The lowest BCUT2D eigenvalue weighted by Gasteiger charge is -2.37. The Balaban J connectivity index is 0.00000176. The molecule has 22 heavy (non-hydrogen) atoms. The Labute approximate surface area is 140 Å². The molecule has 5 nitrogen and oxygen atoms in total. The van der Waals surface area contributed by atoms with Gasteiger partial charge in [-0.1, -0.05) is 12.5 Å². The molecule has 1 aliphatic heterocycles. The predicted molar refractivity (Wildman–Crippen MR) is 88.9 cm³/mol. The summed E-state index contributed by atoms with van der Waals surface area (Å²) >= 11 is 1.52. The van der Waals surface area contributed by atoms with E-state index in [-0.39, 0.29) is 36.1 Å². The highest BCUT2D eigenvalue weighted by Crippen LogP contribution is 2.36. The molecule has 3 N–H and O–H groups in total. The summed E-state index contributed by atoms with van der Waals surface area (Å²) in [6.07, 6.45) is 2.98. The van der Waals surface area contributed by atoms with E-state index in [0.29, 0.717) is 19.6 Å². The summed E-state index contributed by atoms with van der Waals surface area (Å²) in [7, 11) is 0. The first-order valence-corrected chi connectivity index (χ1v) is 8.42. The first-order valence-electron chi connectivity index (χ1n) is 7.54. The summed E-state index contributed by atoms with van der Waals surface area (Å²) in [5, 5.41) is 4.81. The molecular weight excluding hydrogens is 322 g/mol. The van der Waals surface area contributed by atoms with Crippen LogP contribution in [0.25, 0.3) is 0 Å². The van der Waals surface area contributed by atoms with Crippen molar-refractivity contribution in [3.8, 4) is 0 Å². The summed E-state index contributed by atoms with van der Waals surface area (Å²) in [5.41, 5.74) is 5.80. The van der Waals surface area contributed by atoms with Crippen LogP contribution in [0, 0.1) is 11.8 Å². The average molecular weight is 344 g/mol. The van der Waals surface area contributed by atoms with Gasteiger partial charge >= 0.3 is 0 Å². The van der Waals surface area contributed by atoms with Crippen molar-refractivity contribution in [2.24, 2.45) is 17.6 Å². The molecule has 1 saturated carbocycles. The second-order valence-electron chi connectivity index (χ2n) is 5.77. The van der Waals surface area contributed by atoms with Gasteiger partial charge in [0.1, 0.15) is 6.04 Å². The molecule has 3 rings (SSSR count). The van der Waals surface area contributed by atoms with Crippen LogP contribution in [0.1, 0.15) is 30.2 Å². The molecule has 122 valence electrons. The highest BCUT2D eigenvalue weighted by molar-refractivity contribution is 7.10. The number of hydrogen-bond donors (Lipinski definition) is 2. The fourth-order valence-electron chi connectivity index (χ4n) is 3.49. The number of carbonyl (C=O) groups excluding carboxylic acids is 2. The van der Waals surface area contributed by atoms with Crippen LogP contribution in [0.5, 0.6) is 0 Å². The topological polar surface area (TPSA) is 75.4 Å². The molecule has 3 atom stereocenters. The van der Waals surface area contributed by atoms with E-state index >= 15 is 0 Å². The number of thiophene rings is 1. The van der Waals surface area contributed by atoms with Crippen molar-refractivity contribution in [3.63, 3.8) is 0 Å². The van der Waals surface area contributed by atoms with Gasteiger partial charge in [-0.3, -0.25) is 9.59 Å². The van der Waals surface area contributed by atoms with Gasteiger partial charge in [0, 0.05) is 23.9 Å². The minimum Gasteiger partial charge on any atom is -0.352 e. The van der Waals surface area contributed by atoms with E-state index < -0.39 is 6.04 Å². The van der Waals surface area contributed by atoms with Crippen molar-refractivity contribution >= 4 is 35.6 Å². The normalized spacial score (nSPS) is 28.1. The van der Waals surface area contributed by atoms with Crippen molar-refractivity contribution < 1.29 is 9.59 Å². The zero-order valence-corrected chi connectivity index (χ0v) is 14.0. The third-order valence-electron chi connectivity index (χ3n) is 4.59. The number of carbonyl (C=O) groups is 2. The second kappa shape index (κ2) is 7.44. The molecule has 7 heteroatoms. The van der Waals surface area contributed by atoms with Crippen LogP contribution in [0.4, 0.5) is 0 Å². The van der Waals surface area contributed by atoms with Crippen molar-refractivity contribution in [2.75, 3.05) is 19.6 Å². The van der Waals surface area contributed by atoms with Gasteiger partial charge in [0.25, 0.3) is 0 Å². The molecule has 0 radical (unpaired) electrons. The van der Waals surface area contributed by atoms with Gasteiger partial charge in [0.15, 0.2) is 0 Å². The van der Waals surface area contributed by atoms with Crippen LogP contribution < -0.4 is 11.1 Å². The Morgan fingerprint density at radius 1 is 1.45 bits per heavy atom. The van der Waals surface area contributed by atoms with Crippen molar-refractivity contribution in [2.45, 2.75) is 25.3 Å². The Hall–Kier alpha value is -1.11. The number of piperazine rings is 1. The summed E-state index contributed by atoms with van der Waals surface area (Å²) in [6.45, 7) is 1.67. The largest absolute Gasteiger partial charge is 0.352 e. The summed E-state index contributed by atoms with van der Waals surface area (Å²) in [5.74, 6) is 0.297. The summed E-state index contributed by atoms with van der Waals surface area (Å²) in [6, 6.07) is 3.38. The SMILES string of the molecule is Cl.NC[C@H]1CCC[C@H]1C(=O)N1CCNC(=O)C1c1cccs1. The number of nitrogens with two attached hydrogens (primary N) is 1. The standard InChI is InChI=1S/C15H21N3O2S.ClH/c16-9-10-3-1-4-11(10)15(20)18-7-6-17-14(19)13(18)12-5-2-8-21-12;/h2,5,8,10-11,13H,1,3-4,6-7,9,16H2,(H,17,19);1H/t10-,11-,13?;/m1./s1. The van der Waals surface area contributed by atoms with Gasteiger partial charge in [-0.15, -0.1) is 23.7 Å². The first kappa shape index (κ1) is 17.2. The van der Waals surface area contributed by atoms with Crippen LogP contribution in [-0.4, -0.2) is 36.3 Å². The Bertz CT molecular complexity index is 523. The Kier molecular flexibility index (Phi) is 5.83. The van der Waals surface area contributed by atoms with Crippen LogP contribution in [0.15, 0.2) is 17.5 Å². The van der Waals surface area contributed by atoms with Gasteiger partial charge in [-0.05, 0) is 36.8 Å². The van der Waals surface area contributed by atoms with Crippen LogP contribution in [0.3, 0.4) is 0 Å². The lowest BCUT2D eigenvalue weighted by molar-refractivity contribution is -0.147. The maximum Gasteiger partial charge on any atom is 0.248 e. The van der Waals surface area contributed by atoms with Crippen LogP contribution in [-0.2, 0) is 9.59 Å². The molecule has 1 aromatic heterocycles. The second-order valence-corrected chi connectivity index (χ2v) is 6.75. The molecule has 2 heterocycles. The molecule has 1 saturated heterocycles. The lowest BCUT2D eigenvalue weighted by atomic mass is 9.93. The van der Waals surface area contributed by atoms with Crippen molar-refractivity contribution in [1.82, 2.24) is 10.2 Å². The van der Waals surface area contributed by atoms with Gasteiger partial charge < -0.3 is 16.0 Å². The third kappa shape index (κ3) is 3.14. The van der Waals surface area contributed by atoms with Gasteiger partial charge in [-0.2, -0.15) is 0 Å². The number of rotatable bonds is 3. The minimum atomic E-state index is -0.467. The highest BCUT2D eigenvalue weighted by Gasteiger charge is 2.41. The molecule has 1 aromatic rings. The van der Waals surface area contributed by atoms with Crippen LogP contribution >= 0.6 is 23.7 Å². The number of amides is 2. The quantitative estimate of drug-likeness (QED) is 0.874. The van der Waals surface area contributed by atoms with E-state index in [0.717, 1.165) is 24.1 Å². The fraction of sp³-hybridized carbons (Fsp3) is 0.600. The maximum atomic E-state index is 12.9. The highest BCUT2D eigenvalue weighted by atomic mass is 35.5. The number of nitrogens with zero attached hydrogens (tertiary/aromatic N) is 1. The zero-order valence-electron chi connectivity index (χ0n) is 12.4. The van der Waals surface area contributed by atoms with E-state index in [2.05, 4.69) is 5.32 Å². The molecular formula is C15H22ClN3O2S. The van der Waals surface area contributed by atoms with Crippen LogP contribution in [0.2, 0.25) is 0 Å². The fourth-order valence-corrected chi connectivity index (χ4v) is 4.33. The molecule has 0 aromatic carbocycles. The van der Waals surface area contributed by atoms with E-state index in [9.17, 15) is 9.59 Å². The maximum absolute atomic E-state index is 12.9. The monoisotopic (exact) mass is 343 g/mol. The third-order valence-corrected chi connectivity index (χ3v) is 5.51. The Morgan fingerprint density at radius 2 is 2.27 bits per heavy atom. The molecule has 1 unspecified atom stereocenters. The lowest BCUT2D eigenvalue weighted by Crippen LogP contribution is -2.54. The van der Waals surface area contributed by atoms with E-state index in [1.807, 2.05) is 17.5 Å². The number of hydrogen-bond acceptors (Lipinski definition) is 4. The van der Waals surface area contributed by atoms with E-state index in [1.54, 1.807) is 4.90 Å². The molecule has 0 spiro atoms. The number of nitrogens with one attached hydrogen (secondary N) is 1. The summed E-state index contributed by atoms with van der Waals surface area (Å²) in [4.78, 5) is 27.9. The van der Waals surface area contributed by atoms with Gasteiger partial charge in [-0.25, -0.2) is 0 Å². The minimum absolute atomic E-state index is 0. The molecule has 1 aliphatic carbocycles. The van der Waals surface area contributed by atoms with E-state index in [4.69, 9.17) is 5.73 Å². The molecule has 2 amide bonds. The molecule has 2 fully saturated rings. The average Bonchev–Trinajstić information content (AvgIpc) is 3.17. The van der Waals surface area contributed by atoms with Crippen molar-refractivity contribution in [3.05, 3.63) is 22.4 Å². The summed E-state index contributed by atoms with van der Waals surface area (Å²) < 4.78 is 0. The molecule has 2 aliphatic rings. The zero-order chi connectivity index (χ0) is 14.8. The first-order chi connectivity index (χ1) is 10.2. The van der Waals surface area contributed by atoms with Gasteiger partial charge in [0.2, 0.25) is 11.8 Å².